The smallest absolute Gasteiger partial charge is 0.241 e. The van der Waals surface area contributed by atoms with Crippen molar-refractivity contribution in [2.75, 3.05) is 32.1 Å². The maximum absolute atomic E-state index is 12.0. The summed E-state index contributed by atoms with van der Waals surface area (Å²) in [6.45, 7) is 1.69. The van der Waals surface area contributed by atoms with Crippen molar-refractivity contribution >= 4 is 17.6 Å². The molecule has 0 aliphatic carbocycles. The minimum Gasteiger partial charge on any atom is -0.347 e. The van der Waals surface area contributed by atoms with Crippen LogP contribution in [-0.2, 0) is 17.8 Å². The number of anilines is 1. The molecule has 130 valence electrons. The maximum Gasteiger partial charge on any atom is 0.241 e. The van der Waals surface area contributed by atoms with Crippen LogP contribution in [0, 0.1) is 0 Å². The number of hydrogen-bond acceptors (Lipinski definition) is 2. The van der Waals surface area contributed by atoms with Crippen molar-refractivity contribution in [2.24, 2.45) is 4.99 Å². The number of para-hydroxylation sites is 1. The molecule has 0 bridgehead atoms. The number of benzene rings is 2. The van der Waals surface area contributed by atoms with Crippen LogP contribution >= 0.6 is 0 Å². The van der Waals surface area contributed by atoms with Gasteiger partial charge in [-0.1, -0.05) is 48.5 Å². The van der Waals surface area contributed by atoms with Gasteiger partial charge in [0, 0.05) is 26.3 Å². The summed E-state index contributed by atoms with van der Waals surface area (Å²) in [7, 11) is 3.52. The number of rotatable bonds is 4. The van der Waals surface area contributed by atoms with E-state index < -0.39 is 0 Å². The van der Waals surface area contributed by atoms with Crippen molar-refractivity contribution in [3.63, 3.8) is 0 Å². The second-order valence-corrected chi connectivity index (χ2v) is 6.30. The number of likely N-dealkylation sites (N-methyl/N-ethyl adjacent to an activating group) is 1. The van der Waals surface area contributed by atoms with Crippen molar-refractivity contribution in [1.82, 2.24) is 10.2 Å². The van der Waals surface area contributed by atoms with E-state index in [0.29, 0.717) is 6.54 Å². The van der Waals surface area contributed by atoms with E-state index in [9.17, 15) is 4.79 Å². The molecule has 0 fully saturated rings. The van der Waals surface area contributed by atoms with Crippen molar-refractivity contribution in [2.45, 2.75) is 13.0 Å². The summed E-state index contributed by atoms with van der Waals surface area (Å²) in [5, 5.41) is 3.24. The maximum atomic E-state index is 12.0. The highest BCUT2D eigenvalue weighted by molar-refractivity contribution is 5.99. The van der Waals surface area contributed by atoms with Crippen LogP contribution in [0.5, 0.6) is 0 Å². The minimum atomic E-state index is 0.0277. The average molecular weight is 336 g/mol. The highest BCUT2D eigenvalue weighted by atomic mass is 16.2. The van der Waals surface area contributed by atoms with Gasteiger partial charge in [-0.3, -0.25) is 4.79 Å². The van der Waals surface area contributed by atoms with E-state index in [2.05, 4.69) is 40.5 Å². The fourth-order valence-corrected chi connectivity index (χ4v) is 2.86. The number of amides is 1. The van der Waals surface area contributed by atoms with Gasteiger partial charge in [-0.15, -0.1) is 0 Å². The Morgan fingerprint density at radius 1 is 1.12 bits per heavy atom. The third-order valence-electron chi connectivity index (χ3n) is 4.29. The van der Waals surface area contributed by atoms with Crippen LogP contribution in [0.2, 0.25) is 0 Å². The lowest BCUT2D eigenvalue weighted by molar-refractivity contribution is -0.127. The summed E-state index contributed by atoms with van der Waals surface area (Å²) in [4.78, 5) is 20.5. The Balaban J connectivity index is 1.80. The summed E-state index contributed by atoms with van der Waals surface area (Å²) >= 11 is 0. The second-order valence-electron chi connectivity index (χ2n) is 6.30. The third kappa shape index (κ3) is 4.18. The zero-order valence-electron chi connectivity index (χ0n) is 14.8. The van der Waals surface area contributed by atoms with Crippen LogP contribution in [0.4, 0.5) is 5.69 Å². The van der Waals surface area contributed by atoms with E-state index in [1.165, 1.54) is 11.3 Å². The van der Waals surface area contributed by atoms with Crippen molar-refractivity contribution in [3.05, 3.63) is 65.7 Å². The lowest BCUT2D eigenvalue weighted by Crippen LogP contribution is -2.45. The van der Waals surface area contributed by atoms with Crippen LogP contribution in [0.3, 0.4) is 0 Å². The number of aliphatic imine (C=N–C) groups is 1. The van der Waals surface area contributed by atoms with Crippen molar-refractivity contribution in [1.29, 1.82) is 0 Å². The summed E-state index contributed by atoms with van der Waals surface area (Å²) in [6.07, 6.45) is 0.990. The Labute approximate surface area is 149 Å². The van der Waals surface area contributed by atoms with Gasteiger partial charge in [0.2, 0.25) is 5.91 Å². The predicted molar refractivity (Wildman–Crippen MR) is 102 cm³/mol. The Bertz CT molecular complexity index is 755. The molecule has 25 heavy (non-hydrogen) atoms. The lowest BCUT2D eigenvalue weighted by atomic mass is 10.2. The van der Waals surface area contributed by atoms with E-state index >= 15 is 0 Å². The van der Waals surface area contributed by atoms with Crippen LogP contribution in [-0.4, -0.2) is 44.0 Å². The van der Waals surface area contributed by atoms with Crippen LogP contribution in [0.1, 0.15) is 11.1 Å². The second kappa shape index (κ2) is 7.83. The monoisotopic (exact) mass is 336 g/mol. The first-order chi connectivity index (χ1) is 12.1. The topological polar surface area (TPSA) is 47.9 Å². The van der Waals surface area contributed by atoms with Gasteiger partial charge in [0.25, 0.3) is 0 Å². The zero-order chi connectivity index (χ0) is 17.6. The molecule has 0 saturated carbocycles. The number of fused-ring (bicyclic) bond motifs is 1. The molecule has 1 amide bonds. The van der Waals surface area contributed by atoms with Crippen molar-refractivity contribution < 1.29 is 4.79 Å². The first-order valence-corrected chi connectivity index (χ1v) is 8.53. The number of carbonyl (C=O) groups is 1. The average Bonchev–Trinajstić information content (AvgIpc) is 3.06. The molecule has 2 aromatic rings. The molecule has 0 unspecified atom stereocenters. The molecule has 0 aromatic heterocycles. The molecular formula is C20H24N4O. The first kappa shape index (κ1) is 17.0. The van der Waals surface area contributed by atoms with E-state index in [1.807, 2.05) is 24.3 Å². The summed E-state index contributed by atoms with van der Waals surface area (Å²) < 4.78 is 0. The zero-order valence-corrected chi connectivity index (χ0v) is 14.8. The van der Waals surface area contributed by atoms with Crippen molar-refractivity contribution in [3.8, 4) is 0 Å². The fraction of sp³-hybridized carbons (Fsp3) is 0.300. The predicted octanol–water partition coefficient (Wildman–Crippen LogP) is 2.28. The van der Waals surface area contributed by atoms with Gasteiger partial charge < -0.3 is 15.1 Å². The molecule has 0 saturated heterocycles. The number of nitrogens with zero attached hydrogens (tertiary/aromatic N) is 3. The van der Waals surface area contributed by atoms with E-state index in [4.69, 9.17) is 4.99 Å². The Morgan fingerprint density at radius 2 is 1.84 bits per heavy atom. The van der Waals surface area contributed by atoms with Gasteiger partial charge in [-0.25, -0.2) is 4.99 Å². The fourth-order valence-electron chi connectivity index (χ4n) is 2.86. The largest absolute Gasteiger partial charge is 0.347 e. The standard InChI is InChI=1S/C20H24N4O/c1-23(2)19(25)15-22-20(21-14-16-8-4-3-5-9-16)24-13-12-17-10-6-7-11-18(17)24/h3-11H,12-15H2,1-2H3,(H,21,22). The first-order valence-electron chi connectivity index (χ1n) is 8.53. The van der Waals surface area contributed by atoms with Gasteiger partial charge >= 0.3 is 0 Å². The van der Waals surface area contributed by atoms with Gasteiger partial charge in [0.05, 0.1) is 13.1 Å². The summed E-state index contributed by atoms with van der Waals surface area (Å²) in [5.74, 6) is 0.781. The molecule has 5 nitrogen and oxygen atoms in total. The van der Waals surface area contributed by atoms with Gasteiger partial charge in [-0.05, 0) is 23.6 Å². The van der Waals surface area contributed by atoms with Gasteiger partial charge in [0.15, 0.2) is 5.96 Å². The molecule has 1 heterocycles. The SMILES string of the molecule is CN(C)C(=O)CNC(=NCc1ccccc1)N1CCc2ccccc21. The highest BCUT2D eigenvalue weighted by Gasteiger charge is 2.23. The highest BCUT2D eigenvalue weighted by Crippen LogP contribution is 2.27. The van der Waals surface area contributed by atoms with E-state index in [0.717, 1.165) is 24.5 Å². The summed E-state index contributed by atoms with van der Waals surface area (Å²) in [5.41, 5.74) is 3.63. The molecule has 1 aliphatic heterocycles. The summed E-state index contributed by atoms with van der Waals surface area (Å²) in [6, 6.07) is 18.5. The van der Waals surface area contributed by atoms with E-state index in [-0.39, 0.29) is 12.5 Å². The molecule has 0 atom stereocenters. The quantitative estimate of drug-likeness (QED) is 0.688. The van der Waals surface area contributed by atoms with Crippen LogP contribution in [0.25, 0.3) is 0 Å². The number of hydrogen-bond donors (Lipinski definition) is 1. The minimum absolute atomic E-state index is 0.0277. The Morgan fingerprint density at radius 3 is 2.60 bits per heavy atom. The van der Waals surface area contributed by atoms with Crippen LogP contribution < -0.4 is 10.2 Å². The molecule has 1 aliphatic rings. The molecule has 0 spiro atoms. The molecule has 3 rings (SSSR count). The molecule has 0 radical (unpaired) electrons. The molecular weight excluding hydrogens is 312 g/mol. The number of carbonyl (C=O) groups excluding carboxylic acids is 1. The van der Waals surface area contributed by atoms with Gasteiger partial charge in [0.1, 0.15) is 0 Å². The Kier molecular flexibility index (Phi) is 5.33. The van der Waals surface area contributed by atoms with E-state index in [1.54, 1.807) is 19.0 Å². The normalized spacial score (nSPS) is 13.5. The molecule has 2 aromatic carbocycles. The van der Waals surface area contributed by atoms with Gasteiger partial charge in [-0.2, -0.15) is 0 Å². The number of nitrogens with one attached hydrogen (secondary N) is 1. The number of guanidine groups is 1. The molecule has 5 heteroatoms. The third-order valence-corrected chi connectivity index (χ3v) is 4.29. The molecule has 1 N–H and O–H groups in total. The Hall–Kier alpha value is -2.82. The van der Waals surface area contributed by atoms with Crippen LogP contribution in [0.15, 0.2) is 59.6 Å². The lowest BCUT2D eigenvalue weighted by Gasteiger charge is -2.23.